The molecule has 0 bridgehead atoms. The molecule has 28 heavy (non-hydrogen) atoms. The molecule has 0 aliphatic carbocycles. The minimum absolute atomic E-state index is 0.00593. The van der Waals surface area contributed by atoms with Crippen molar-refractivity contribution >= 4 is 51.6 Å². The minimum Gasteiger partial charge on any atom is -0.383 e. The number of piperidine rings is 1. The number of carbonyl (C=O) groups excluding carboxylic acids is 1. The lowest BCUT2D eigenvalue weighted by Crippen LogP contribution is -2.43. The standard InChI is InChI=1S/C18H19Cl2N7O/c19-11-4-12(20)6-13(5-11)22-8-16(28)26-3-1-2-14(9-26)27-18-15(7-25-27)17(21)23-10-24-18/h4-7,10,14,22H,1-3,8-9H2,(H2,21,23,24). The van der Waals surface area contributed by atoms with Gasteiger partial charge in [-0.25, -0.2) is 14.6 Å². The van der Waals surface area contributed by atoms with Crippen LogP contribution in [0.1, 0.15) is 18.9 Å². The molecule has 10 heteroatoms. The zero-order valence-corrected chi connectivity index (χ0v) is 16.5. The van der Waals surface area contributed by atoms with Gasteiger partial charge in [-0.15, -0.1) is 0 Å². The fourth-order valence-electron chi connectivity index (χ4n) is 3.47. The van der Waals surface area contributed by atoms with E-state index in [1.807, 2.05) is 9.58 Å². The van der Waals surface area contributed by atoms with Crippen molar-refractivity contribution in [2.75, 3.05) is 30.7 Å². The third kappa shape index (κ3) is 3.83. The van der Waals surface area contributed by atoms with E-state index in [1.54, 1.807) is 24.4 Å². The molecule has 4 rings (SSSR count). The first-order valence-electron chi connectivity index (χ1n) is 8.92. The molecule has 1 aromatic carbocycles. The number of fused-ring (bicyclic) bond motifs is 1. The maximum atomic E-state index is 12.7. The molecule has 8 nitrogen and oxygen atoms in total. The summed E-state index contributed by atoms with van der Waals surface area (Å²) >= 11 is 12.0. The predicted octanol–water partition coefficient (Wildman–Crippen LogP) is 2.99. The van der Waals surface area contributed by atoms with Crippen molar-refractivity contribution < 1.29 is 4.79 Å². The Hall–Kier alpha value is -2.58. The number of nitrogens with two attached hydrogens (primary N) is 1. The average molecular weight is 420 g/mol. The van der Waals surface area contributed by atoms with Gasteiger partial charge in [-0.1, -0.05) is 23.2 Å². The summed E-state index contributed by atoms with van der Waals surface area (Å²) in [6.07, 6.45) is 4.92. The van der Waals surface area contributed by atoms with E-state index >= 15 is 0 Å². The Morgan fingerprint density at radius 2 is 2.04 bits per heavy atom. The van der Waals surface area contributed by atoms with E-state index in [0.717, 1.165) is 18.2 Å². The lowest BCUT2D eigenvalue weighted by Gasteiger charge is -2.33. The van der Waals surface area contributed by atoms with Gasteiger partial charge in [-0.2, -0.15) is 5.10 Å². The van der Waals surface area contributed by atoms with Gasteiger partial charge in [-0.3, -0.25) is 4.79 Å². The Balaban J connectivity index is 1.44. The molecule has 1 aliphatic heterocycles. The molecule has 0 spiro atoms. The number of hydrogen-bond donors (Lipinski definition) is 2. The first kappa shape index (κ1) is 18.8. The number of likely N-dealkylation sites (tertiary alicyclic amines) is 1. The van der Waals surface area contributed by atoms with Gasteiger partial charge < -0.3 is 16.0 Å². The van der Waals surface area contributed by atoms with E-state index in [2.05, 4.69) is 20.4 Å². The van der Waals surface area contributed by atoms with Gasteiger partial charge in [0.15, 0.2) is 5.65 Å². The highest BCUT2D eigenvalue weighted by Crippen LogP contribution is 2.26. The molecular weight excluding hydrogens is 401 g/mol. The molecule has 1 atom stereocenters. The minimum atomic E-state index is 0.00593. The van der Waals surface area contributed by atoms with E-state index in [9.17, 15) is 4.79 Å². The lowest BCUT2D eigenvalue weighted by atomic mass is 10.1. The molecule has 3 heterocycles. The van der Waals surface area contributed by atoms with Gasteiger partial charge in [0, 0.05) is 28.8 Å². The zero-order chi connectivity index (χ0) is 19.7. The topological polar surface area (TPSA) is 102 Å². The number of rotatable bonds is 4. The van der Waals surface area contributed by atoms with E-state index in [4.69, 9.17) is 28.9 Å². The first-order chi connectivity index (χ1) is 13.5. The van der Waals surface area contributed by atoms with Crippen LogP contribution in [0.3, 0.4) is 0 Å². The fraction of sp³-hybridized carbons (Fsp3) is 0.333. The van der Waals surface area contributed by atoms with Crippen LogP contribution in [0.25, 0.3) is 11.0 Å². The first-order valence-corrected chi connectivity index (χ1v) is 9.68. The number of carbonyl (C=O) groups is 1. The summed E-state index contributed by atoms with van der Waals surface area (Å²) in [5.41, 5.74) is 7.30. The smallest absolute Gasteiger partial charge is 0.241 e. The Kier molecular flexibility index (Phi) is 5.23. The second kappa shape index (κ2) is 7.81. The Morgan fingerprint density at radius 1 is 1.25 bits per heavy atom. The third-order valence-electron chi connectivity index (χ3n) is 4.82. The highest BCUT2D eigenvalue weighted by Gasteiger charge is 2.26. The van der Waals surface area contributed by atoms with Crippen LogP contribution in [0.4, 0.5) is 11.5 Å². The predicted molar refractivity (Wildman–Crippen MR) is 110 cm³/mol. The van der Waals surface area contributed by atoms with Crippen LogP contribution < -0.4 is 11.1 Å². The summed E-state index contributed by atoms with van der Waals surface area (Å²) < 4.78 is 1.84. The van der Waals surface area contributed by atoms with Crippen molar-refractivity contribution in [3.8, 4) is 0 Å². The van der Waals surface area contributed by atoms with Crippen molar-refractivity contribution in [3.05, 3.63) is 40.8 Å². The molecule has 2 aromatic heterocycles. The van der Waals surface area contributed by atoms with Crippen LogP contribution in [0.2, 0.25) is 10.0 Å². The van der Waals surface area contributed by atoms with Gasteiger partial charge in [0.1, 0.15) is 12.1 Å². The van der Waals surface area contributed by atoms with Crippen molar-refractivity contribution in [1.29, 1.82) is 0 Å². The number of benzene rings is 1. The number of aromatic nitrogens is 4. The van der Waals surface area contributed by atoms with Crippen LogP contribution in [-0.4, -0.2) is 50.2 Å². The van der Waals surface area contributed by atoms with Crippen molar-refractivity contribution in [1.82, 2.24) is 24.6 Å². The van der Waals surface area contributed by atoms with Crippen LogP contribution >= 0.6 is 23.2 Å². The molecule has 1 saturated heterocycles. The van der Waals surface area contributed by atoms with E-state index in [1.165, 1.54) is 6.33 Å². The number of nitrogens with zero attached hydrogens (tertiary/aromatic N) is 5. The van der Waals surface area contributed by atoms with Gasteiger partial charge in [-0.05, 0) is 31.0 Å². The molecule has 1 amide bonds. The van der Waals surface area contributed by atoms with Gasteiger partial charge >= 0.3 is 0 Å². The van der Waals surface area contributed by atoms with Crippen LogP contribution in [0.15, 0.2) is 30.7 Å². The summed E-state index contributed by atoms with van der Waals surface area (Å²) in [5.74, 6) is 0.413. The summed E-state index contributed by atoms with van der Waals surface area (Å²) in [5, 5.41) is 9.30. The number of nitrogens with one attached hydrogen (secondary N) is 1. The molecule has 3 N–H and O–H groups in total. The molecule has 0 radical (unpaired) electrons. The van der Waals surface area contributed by atoms with Gasteiger partial charge in [0.05, 0.1) is 24.2 Å². The summed E-state index contributed by atoms with van der Waals surface area (Å²) in [6.45, 7) is 1.44. The van der Waals surface area contributed by atoms with Crippen molar-refractivity contribution in [2.45, 2.75) is 18.9 Å². The normalized spacial score (nSPS) is 17.1. The van der Waals surface area contributed by atoms with Crippen LogP contribution in [0.5, 0.6) is 0 Å². The van der Waals surface area contributed by atoms with Crippen molar-refractivity contribution in [3.63, 3.8) is 0 Å². The van der Waals surface area contributed by atoms with Gasteiger partial charge in [0.2, 0.25) is 5.91 Å². The Morgan fingerprint density at radius 3 is 2.82 bits per heavy atom. The third-order valence-corrected chi connectivity index (χ3v) is 5.26. The molecule has 3 aromatic rings. The average Bonchev–Trinajstić information content (AvgIpc) is 3.11. The number of nitrogen functional groups attached to an aromatic ring is 1. The van der Waals surface area contributed by atoms with E-state index in [-0.39, 0.29) is 18.5 Å². The van der Waals surface area contributed by atoms with E-state index in [0.29, 0.717) is 40.3 Å². The number of amides is 1. The van der Waals surface area contributed by atoms with Crippen molar-refractivity contribution in [2.24, 2.45) is 0 Å². The lowest BCUT2D eigenvalue weighted by molar-refractivity contribution is -0.130. The fourth-order valence-corrected chi connectivity index (χ4v) is 4.00. The zero-order valence-electron chi connectivity index (χ0n) is 15.0. The SMILES string of the molecule is Nc1ncnc2c1cnn2C1CCCN(C(=O)CNc2cc(Cl)cc(Cl)c2)C1. The summed E-state index contributed by atoms with van der Waals surface area (Å²) in [6, 6.07) is 5.17. The maximum Gasteiger partial charge on any atom is 0.241 e. The molecule has 1 fully saturated rings. The largest absolute Gasteiger partial charge is 0.383 e. The molecule has 1 unspecified atom stereocenters. The highest BCUT2D eigenvalue weighted by molar-refractivity contribution is 6.35. The monoisotopic (exact) mass is 419 g/mol. The molecule has 146 valence electrons. The summed E-state index contributed by atoms with van der Waals surface area (Å²) in [4.78, 5) is 22.8. The summed E-state index contributed by atoms with van der Waals surface area (Å²) in [7, 11) is 0. The second-order valence-electron chi connectivity index (χ2n) is 6.73. The number of anilines is 2. The molecule has 1 aliphatic rings. The Labute approximate surface area is 171 Å². The Bertz CT molecular complexity index is 1000. The molecular formula is C18H19Cl2N7O. The van der Waals surface area contributed by atoms with Crippen LogP contribution in [0, 0.1) is 0 Å². The molecule has 0 saturated carbocycles. The quantitative estimate of drug-likeness (QED) is 0.673. The maximum absolute atomic E-state index is 12.7. The second-order valence-corrected chi connectivity index (χ2v) is 7.61. The van der Waals surface area contributed by atoms with Gasteiger partial charge in [0.25, 0.3) is 0 Å². The van der Waals surface area contributed by atoms with E-state index < -0.39 is 0 Å². The number of hydrogen-bond acceptors (Lipinski definition) is 6. The highest BCUT2D eigenvalue weighted by atomic mass is 35.5. The van der Waals surface area contributed by atoms with Crippen LogP contribution in [-0.2, 0) is 4.79 Å². The number of halogens is 2.